The lowest BCUT2D eigenvalue weighted by atomic mass is 9.86. The maximum Gasteiger partial charge on any atom is 0.166 e. The van der Waals surface area contributed by atoms with Crippen molar-refractivity contribution in [3.8, 4) is 101 Å². The summed E-state index contributed by atoms with van der Waals surface area (Å²) in [6, 6.07) is 106. The standard InChI is InChI=1S/C75H49N5/c1-6-23-50(24-7-1)57-45-58(61-37-22-36-60(51-25-8-2-9-26-51)72(61)52-27-10-3-11-28-52)47-59(46-57)79-67-38-19-16-33-62(67)65-48-55(41-43-70(65)79)56-42-44-71-66(49-56)63-34-17-20-39-68(63)80(71)69-40-21-18-35-64(69)75-77-73(53-29-12-4-13-30-53)76-74(78-75)54-31-14-5-15-32-54/h1-49H. The van der Waals surface area contributed by atoms with Gasteiger partial charge >= 0.3 is 0 Å². The maximum absolute atomic E-state index is 5.18. The molecule has 0 saturated carbocycles. The van der Waals surface area contributed by atoms with E-state index in [2.05, 4.69) is 270 Å². The van der Waals surface area contributed by atoms with Crippen LogP contribution in [0.25, 0.3) is 145 Å². The van der Waals surface area contributed by atoms with E-state index < -0.39 is 0 Å². The highest BCUT2D eigenvalue weighted by atomic mass is 15.1. The Morgan fingerprint density at radius 3 is 1.21 bits per heavy atom. The third-order valence-electron chi connectivity index (χ3n) is 15.6. The first-order chi connectivity index (χ1) is 39.7. The average Bonchev–Trinajstić information content (AvgIpc) is 4.26. The van der Waals surface area contributed by atoms with E-state index in [1.165, 1.54) is 49.5 Å². The average molecular weight is 1020 g/mol. The van der Waals surface area contributed by atoms with Crippen LogP contribution in [0.2, 0.25) is 0 Å². The summed E-state index contributed by atoms with van der Waals surface area (Å²) in [4.78, 5) is 15.4. The first-order valence-corrected chi connectivity index (χ1v) is 27.2. The van der Waals surface area contributed by atoms with Crippen LogP contribution in [0.5, 0.6) is 0 Å². The number of rotatable bonds is 10. The molecule has 15 rings (SSSR count). The molecular formula is C75H49N5. The quantitative estimate of drug-likeness (QED) is 0.137. The van der Waals surface area contributed by atoms with Crippen molar-refractivity contribution in [2.45, 2.75) is 0 Å². The molecule has 0 spiro atoms. The summed E-state index contributed by atoms with van der Waals surface area (Å²) < 4.78 is 4.83. The predicted molar refractivity (Wildman–Crippen MR) is 332 cm³/mol. The Kier molecular flexibility index (Phi) is 11.4. The van der Waals surface area contributed by atoms with Gasteiger partial charge in [0.15, 0.2) is 17.5 Å². The molecule has 3 heterocycles. The Morgan fingerprint density at radius 2 is 0.625 bits per heavy atom. The van der Waals surface area contributed by atoms with Crippen molar-refractivity contribution in [3.05, 3.63) is 297 Å². The zero-order valence-corrected chi connectivity index (χ0v) is 43.5. The number of hydrogen-bond donors (Lipinski definition) is 0. The first kappa shape index (κ1) is 46.5. The molecule has 0 bridgehead atoms. The molecule has 80 heavy (non-hydrogen) atoms. The molecule has 5 nitrogen and oxygen atoms in total. The lowest BCUT2D eigenvalue weighted by Crippen LogP contribution is -2.03. The summed E-state index contributed by atoms with van der Waals surface area (Å²) in [5.41, 5.74) is 21.1. The fourth-order valence-electron chi connectivity index (χ4n) is 11.9. The van der Waals surface area contributed by atoms with Gasteiger partial charge in [-0.05, 0) is 122 Å². The smallest absolute Gasteiger partial charge is 0.166 e. The summed E-state index contributed by atoms with van der Waals surface area (Å²) in [7, 11) is 0. The summed E-state index contributed by atoms with van der Waals surface area (Å²) in [5, 5.41) is 4.73. The molecule has 0 aliphatic rings. The van der Waals surface area contributed by atoms with Gasteiger partial charge in [-0.2, -0.15) is 0 Å². The van der Waals surface area contributed by atoms with E-state index >= 15 is 0 Å². The topological polar surface area (TPSA) is 48.5 Å². The van der Waals surface area contributed by atoms with Crippen molar-refractivity contribution in [2.24, 2.45) is 0 Å². The van der Waals surface area contributed by atoms with Crippen LogP contribution < -0.4 is 0 Å². The summed E-state index contributed by atoms with van der Waals surface area (Å²) >= 11 is 0. The van der Waals surface area contributed by atoms with E-state index in [9.17, 15) is 0 Å². The number of fused-ring (bicyclic) bond motifs is 6. The van der Waals surface area contributed by atoms with E-state index in [4.69, 9.17) is 15.0 Å². The van der Waals surface area contributed by atoms with Gasteiger partial charge in [-0.25, -0.2) is 15.0 Å². The van der Waals surface area contributed by atoms with Crippen LogP contribution >= 0.6 is 0 Å². The normalized spacial score (nSPS) is 11.5. The van der Waals surface area contributed by atoms with E-state index in [1.807, 2.05) is 36.4 Å². The number of hydrogen-bond acceptors (Lipinski definition) is 3. The Bertz CT molecular complexity index is 4740. The molecule has 0 unspecified atom stereocenters. The van der Waals surface area contributed by atoms with Crippen molar-refractivity contribution in [1.82, 2.24) is 24.1 Å². The predicted octanol–water partition coefficient (Wildman–Crippen LogP) is 19.4. The Hall–Kier alpha value is -10.8. The van der Waals surface area contributed by atoms with E-state index in [0.29, 0.717) is 17.5 Å². The van der Waals surface area contributed by atoms with Crippen molar-refractivity contribution in [2.75, 3.05) is 0 Å². The van der Waals surface area contributed by atoms with Crippen LogP contribution in [0.1, 0.15) is 0 Å². The number of aromatic nitrogens is 5. The summed E-state index contributed by atoms with van der Waals surface area (Å²) in [6.07, 6.45) is 0. The fourth-order valence-corrected chi connectivity index (χ4v) is 11.9. The molecule has 0 aliphatic heterocycles. The second kappa shape index (κ2) is 19.7. The van der Waals surface area contributed by atoms with Crippen LogP contribution in [-0.2, 0) is 0 Å². The second-order valence-electron chi connectivity index (χ2n) is 20.3. The van der Waals surface area contributed by atoms with Crippen molar-refractivity contribution < 1.29 is 0 Å². The third-order valence-corrected chi connectivity index (χ3v) is 15.6. The van der Waals surface area contributed by atoms with Crippen LogP contribution in [0.3, 0.4) is 0 Å². The van der Waals surface area contributed by atoms with Gasteiger partial charge in [0.1, 0.15) is 0 Å². The molecule has 12 aromatic carbocycles. The molecule has 0 saturated heterocycles. The van der Waals surface area contributed by atoms with Gasteiger partial charge < -0.3 is 9.13 Å². The molecule has 374 valence electrons. The minimum atomic E-state index is 0.612. The van der Waals surface area contributed by atoms with Crippen molar-refractivity contribution in [3.63, 3.8) is 0 Å². The van der Waals surface area contributed by atoms with Gasteiger partial charge in [0.05, 0.1) is 27.8 Å². The van der Waals surface area contributed by atoms with Crippen LogP contribution in [-0.4, -0.2) is 24.1 Å². The third kappa shape index (κ3) is 8.15. The second-order valence-corrected chi connectivity index (χ2v) is 20.3. The fraction of sp³-hybridized carbons (Fsp3) is 0. The lowest BCUT2D eigenvalue weighted by Gasteiger charge is -2.19. The van der Waals surface area contributed by atoms with Crippen molar-refractivity contribution >= 4 is 43.6 Å². The highest BCUT2D eigenvalue weighted by Gasteiger charge is 2.22. The highest BCUT2D eigenvalue weighted by molar-refractivity contribution is 6.13. The van der Waals surface area contributed by atoms with Crippen LogP contribution in [0.4, 0.5) is 0 Å². The minimum Gasteiger partial charge on any atom is -0.309 e. The molecule has 0 fully saturated rings. The van der Waals surface area contributed by atoms with E-state index in [1.54, 1.807) is 0 Å². The molecule has 3 aromatic heterocycles. The summed E-state index contributed by atoms with van der Waals surface area (Å²) in [6.45, 7) is 0. The Morgan fingerprint density at radius 1 is 0.212 bits per heavy atom. The zero-order chi connectivity index (χ0) is 52.9. The molecule has 0 N–H and O–H groups in total. The van der Waals surface area contributed by atoms with Gasteiger partial charge in [-0.3, -0.25) is 0 Å². The van der Waals surface area contributed by atoms with E-state index in [-0.39, 0.29) is 0 Å². The Labute approximate surface area is 463 Å². The van der Waals surface area contributed by atoms with Gasteiger partial charge in [0, 0.05) is 43.9 Å². The highest BCUT2D eigenvalue weighted by Crippen LogP contribution is 2.44. The molecule has 5 heteroatoms. The first-order valence-electron chi connectivity index (χ1n) is 27.2. The maximum atomic E-state index is 5.18. The van der Waals surface area contributed by atoms with Gasteiger partial charge in [0.25, 0.3) is 0 Å². The van der Waals surface area contributed by atoms with Crippen LogP contribution in [0, 0.1) is 0 Å². The van der Waals surface area contributed by atoms with Gasteiger partial charge in [-0.1, -0.05) is 231 Å². The molecule has 0 radical (unpaired) electrons. The molecule has 0 aliphatic carbocycles. The summed E-state index contributed by atoms with van der Waals surface area (Å²) in [5.74, 6) is 1.87. The monoisotopic (exact) mass is 1020 g/mol. The SMILES string of the molecule is c1ccc(-c2cc(-c3cccc(-c4ccccc4)c3-c3ccccc3)cc(-n3c4ccccc4c4cc(-c5ccc6c(c5)c5ccccc5n6-c5ccccc5-c5nc(-c6ccccc6)nc(-c6ccccc6)n5)ccc43)c2)cc1. The largest absolute Gasteiger partial charge is 0.309 e. The molecule has 0 atom stereocenters. The molecular weight excluding hydrogens is 971 g/mol. The van der Waals surface area contributed by atoms with Gasteiger partial charge in [-0.15, -0.1) is 0 Å². The lowest BCUT2D eigenvalue weighted by molar-refractivity contribution is 1.06. The Balaban J connectivity index is 0.881. The molecule has 0 amide bonds. The number of benzene rings is 12. The van der Waals surface area contributed by atoms with E-state index in [0.717, 1.165) is 77.8 Å². The molecule has 15 aromatic rings. The number of nitrogens with zero attached hydrogens (tertiary/aromatic N) is 5. The van der Waals surface area contributed by atoms with Gasteiger partial charge in [0.2, 0.25) is 0 Å². The van der Waals surface area contributed by atoms with Crippen molar-refractivity contribution in [1.29, 1.82) is 0 Å². The zero-order valence-electron chi connectivity index (χ0n) is 43.5. The minimum absolute atomic E-state index is 0.612. The van der Waals surface area contributed by atoms with Crippen LogP contribution in [0.15, 0.2) is 297 Å². The number of para-hydroxylation sites is 3.